The van der Waals surface area contributed by atoms with Crippen LogP contribution in [0.5, 0.6) is 11.5 Å². The average Bonchev–Trinajstić information content (AvgIpc) is 2.25. The molecule has 0 unspecified atom stereocenters. The Labute approximate surface area is 94.5 Å². The van der Waals surface area contributed by atoms with Gasteiger partial charge in [0.15, 0.2) is 11.5 Å². The Morgan fingerprint density at radius 3 is 2.62 bits per heavy atom. The minimum absolute atomic E-state index is 0.132. The lowest BCUT2D eigenvalue weighted by molar-refractivity contribution is -0.137. The van der Waals surface area contributed by atoms with Crippen molar-refractivity contribution in [2.45, 2.75) is 25.7 Å². The van der Waals surface area contributed by atoms with Crippen molar-refractivity contribution < 1.29 is 19.7 Å². The maximum atomic E-state index is 10.2. The van der Waals surface area contributed by atoms with Crippen molar-refractivity contribution in [3.8, 4) is 11.5 Å². The van der Waals surface area contributed by atoms with E-state index in [1.165, 1.54) is 0 Å². The van der Waals surface area contributed by atoms with Gasteiger partial charge in [-0.05, 0) is 31.4 Å². The van der Waals surface area contributed by atoms with Crippen LogP contribution in [0, 0.1) is 0 Å². The molecule has 0 aliphatic carbocycles. The molecule has 4 nitrogen and oxygen atoms in total. The van der Waals surface area contributed by atoms with Crippen LogP contribution in [0.25, 0.3) is 0 Å². The fourth-order valence-electron chi connectivity index (χ4n) is 1.32. The molecule has 0 aliphatic rings. The number of para-hydroxylation sites is 2. The van der Waals surface area contributed by atoms with Crippen molar-refractivity contribution in [3.63, 3.8) is 0 Å². The maximum Gasteiger partial charge on any atom is 0.303 e. The molecule has 0 amide bonds. The first-order chi connectivity index (χ1) is 7.70. The standard InChI is InChI=1S/C12H16O4/c13-10-6-3-4-7-11(10)16-9-5-1-2-8-12(14)15/h3-4,6-7,13H,1-2,5,8-9H2,(H,14,15). The minimum atomic E-state index is -0.762. The van der Waals surface area contributed by atoms with E-state index in [0.717, 1.165) is 12.8 Å². The molecule has 2 N–H and O–H groups in total. The molecule has 0 aliphatic heterocycles. The van der Waals surface area contributed by atoms with Gasteiger partial charge in [-0.1, -0.05) is 12.1 Å². The van der Waals surface area contributed by atoms with Crippen LogP contribution in [-0.2, 0) is 4.79 Å². The van der Waals surface area contributed by atoms with Crippen LogP contribution in [0.2, 0.25) is 0 Å². The second-order valence-corrected chi connectivity index (χ2v) is 3.52. The van der Waals surface area contributed by atoms with E-state index in [9.17, 15) is 9.90 Å². The third-order valence-corrected chi connectivity index (χ3v) is 2.16. The number of carbonyl (C=O) groups is 1. The summed E-state index contributed by atoms with van der Waals surface area (Å²) in [5.41, 5.74) is 0. The number of hydrogen-bond acceptors (Lipinski definition) is 3. The Balaban J connectivity index is 2.12. The summed E-state index contributed by atoms with van der Waals surface area (Å²) in [5.74, 6) is -0.157. The number of ether oxygens (including phenoxy) is 1. The lowest BCUT2D eigenvalue weighted by Gasteiger charge is -2.06. The minimum Gasteiger partial charge on any atom is -0.504 e. The van der Waals surface area contributed by atoms with Gasteiger partial charge in [0, 0.05) is 6.42 Å². The number of aliphatic carboxylic acids is 1. The number of unbranched alkanes of at least 4 members (excludes halogenated alkanes) is 2. The first-order valence-electron chi connectivity index (χ1n) is 5.33. The average molecular weight is 224 g/mol. The third kappa shape index (κ3) is 4.68. The van der Waals surface area contributed by atoms with E-state index in [1.54, 1.807) is 24.3 Å². The molecule has 0 aromatic heterocycles. The van der Waals surface area contributed by atoms with Gasteiger partial charge in [0.05, 0.1) is 6.61 Å². The number of rotatable bonds is 7. The van der Waals surface area contributed by atoms with E-state index >= 15 is 0 Å². The highest BCUT2D eigenvalue weighted by Gasteiger charge is 2.00. The van der Waals surface area contributed by atoms with E-state index in [4.69, 9.17) is 9.84 Å². The Bertz CT molecular complexity index is 336. The predicted molar refractivity (Wildman–Crippen MR) is 59.7 cm³/mol. The monoisotopic (exact) mass is 224 g/mol. The topological polar surface area (TPSA) is 66.8 Å². The molecule has 16 heavy (non-hydrogen) atoms. The van der Waals surface area contributed by atoms with Gasteiger partial charge >= 0.3 is 5.97 Å². The highest BCUT2D eigenvalue weighted by molar-refractivity contribution is 5.66. The van der Waals surface area contributed by atoms with Crippen LogP contribution >= 0.6 is 0 Å². The van der Waals surface area contributed by atoms with Gasteiger partial charge in [-0.25, -0.2) is 0 Å². The van der Waals surface area contributed by atoms with Crippen molar-refractivity contribution in [1.82, 2.24) is 0 Å². The number of hydrogen-bond donors (Lipinski definition) is 2. The van der Waals surface area contributed by atoms with Gasteiger partial charge in [0.25, 0.3) is 0 Å². The Hall–Kier alpha value is -1.71. The van der Waals surface area contributed by atoms with Crippen molar-refractivity contribution in [2.24, 2.45) is 0 Å². The molecule has 0 radical (unpaired) electrons. The zero-order valence-corrected chi connectivity index (χ0v) is 9.06. The molecule has 88 valence electrons. The number of carboxylic acid groups (broad SMARTS) is 1. The van der Waals surface area contributed by atoms with Gasteiger partial charge in [-0.15, -0.1) is 0 Å². The highest BCUT2D eigenvalue weighted by atomic mass is 16.5. The summed E-state index contributed by atoms with van der Waals surface area (Å²) >= 11 is 0. The van der Waals surface area contributed by atoms with Gasteiger partial charge < -0.3 is 14.9 Å². The predicted octanol–water partition coefficient (Wildman–Crippen LogP) is 2.42. The zero-order chi connectivity index (χ0) is 11.8. The van der Waals surface area contributed by atoms with E-state index < -0.39 is 5.97 Å². The molecule has 4 heteroatoms. The number of phenolic OH excluding ortho intramolecular Hbond substituents is 1. The first kappa shape index (κ1) is 12.4. The number of benzene rings is 1. The van der Waals surface area contributed by atoms with E-state index in [0.29, 0.717) is 18.8 Å². The van der Waals surface area contributed by atoms with Crippen LogP contribution in [0.1, 0.15) is 25.7 Å². The van der Waals surface area contributed by atoms with Crippen molar-refractivity contribution in [3.05, 3.63) is 24.3 Å². The molecule has 0 atom stereocenters. The molecule has 0 bridgehead atoms. The van der Waals surface area contributed by atoms with Gasteiger partial charge in [-0.2, -0.15) is 0 Å². The molecular weight excluding hydrogens is 208 g/mol. The van der Waals surface area contributed by atoms with E-state index in [2.05, 4.69) is 0 Å². The molecule has 0 fully saturated rings. The highest BCUT2D eigenvalue weighted by Crippen LogP contribution is 2.24. The number of carboxylic acids is 1. The molecule has 1 rings (SSSR count). The normalized spacial score (nSPS) is 10.0. The number of aromatic hydroxyl groups is 1. The van der Waals surface area contributed by atoms with Crippen LogP contribution in [-0.4, -0.2) is 22.8 Å². The fourth-order valence-corrected chi connectivity index (χ4v) is 1.32. The summed E-state index contributed by atoms with van der Waals surface area (Å²) in [5, 5.41) is 17.8. The second-order valence-electron chi connectivity index (χ2n) is 3.52. The SMILES string of the molecule is O=C(O)CCCCCOc1ccccc1O. The molecule has 0 heterocycles. The summed E-state index contributed by atoms with van der Waals surface area (Å²) < 4.78 is 5.35. The summed E-state index contributed by atoms with van der Waals surface area (Å²) in [6, 6.07) is 6.79. The summed E-state index contributed by atoms with van der Waals surface area (Å²) in [4.78, 5) is 10.2. The molecule has 0 spiro atoms. The summed E-state index contributed by atoms with van der Waals surface area (Å²) in [6.45, 7) is 0.497. The third-order valence-electron chi connectivity index (χ3n) is 2.16. The van der Waals surface area contributed by atoms with Crippen LogP contribution < -0.4 is 4.74 Å². The van der Waals surface area contributed by atoms with E-state index in [-0.39, 0.29) is 12.2 Å². The van der Waals surface area contributed by atoms with Crippen LogP contribution in [0.4, 0.5) is 0 Å². The smallest absolute Gasteiger partial charge is 0.303 e. The molecule has 1 aromatic carbocycles. The molecule has 0 saturated heterocycles. The summed E-state index contributed by atoms with van der Waals surface area (Å²) in [6.07, 6.45) is 2.48. The Kier molecular flexibility index (Phi) is 5.19. The summed E-state index contributed by atoms with van der Waals surface area (Å²) in [7, 11) is 0. The van der Waals surface area contributed by atoms with Crippen molar-refractivity contribution >= 4 is 5.97 Å². The van der Waals surface area contributed by atoms with Gasteiger partial charge in [-0.3, -0.25) is 4.79 Å². The largest absolute Gasteiger partial charge is 0.504 e. The van der Waals surface area contributed by atoms with Crippen molar-refractivity contribution in [1.29, 1.82) is 0 Å². The zero-order valence-electron chi connectivity index (χ0n) is 9.06. The number of phenols is 1. The quantitative estimate of drug-likeness (QED) is 0.698. The van der Waals surface area contributed by atoms with Crippen molar-refractivity contribution in [2.75, 3.05) is 6.61 Å². The first-order valence-corrected chi connectivity index (χ1v) is 5.33. The van der Waals surface area contributed by atoms with E-state index in [1.807, 2.05) is 0 Å². The maximum absolute atomic E-state index is 10.2. The van der Waals surface area contributed by atoms with Crippen LogP contribution in [0.15, 0.2) is 24.3 Å². The van der Waals surface area contributed by atoms with Gasteiger partial charge in [0.1, 0.15) is 0 Å². The molecular formula is C12H16O4. The lowest BCUT2D eigenvalue weighted by atomic mass is 10.2. The Morgan fingerprint density at radius 2 is 1.94 bits per heavy atom. The molecule has 1 aromatic rings. The van der Waals surface area contributed by atoms with Crippen LogP contribution in [0.3, 0.4) is 0 Å². The lowest BCUT2D eigenvalue weighted by Crippen LogP contribution is -1.99. The van der Waals surface area contributed by atoms with Gasteiger partial charge in [0.2, 0.25) is 0 Å². The second kappa shape index (κ2) is 6.71. The Morgan fingerprint density at radius 1 is 1.19 bits per heavy atom. The molecule has 0 saturated carbocycles. The fraction of sp³-hybridized carbons (Fsp3) is 0.417.